The molecule has 14 atom stereocenters. The van der Waals surface area contributed by atoms with Gasteiger partial charge >= 0.3 is 0 Å². The number of Topliss-reactive ketones (excluding diaryl/α,β-unsaturated/α-hetero) is 1. The summed E-state index contributed by atoms with van der Waals surface area (Å²) in [6, 6.07) is 0. The highest BCUT2D eigenvalue weighted by atomic mass is 16.5. The van der Waals surface area contributed by atoms with E-state index in [1.54, 1.807) is 13.8 Å². The summed E-state index contributed by atoms with van der Waals surface area (Å²) in [5.41, 5.74) is -3.36. The zero-order chi connectivity index (χ0) is 36.2. The molecule has 4 saturated carbocycles. The Bertz CT molecular complexity index is 1250. The van der Waals surface area contributed by atoms with Crippen LogP contribution in [0.1, 0.15) is 137 Å². The van der Waals surface area contributed by atoms with Crippen molar-refractivity contribution in [2.75, 3.05) is 13.2 Å². The number of fused-ring (bicyclic) bond motifs is 5. The Labute approximate surface area is 300 Å². The minimum Gasteiger partial charge on any atom is -0.392 e. The number of ether oxygens (including phenoxy) is 1. The molecule has 50 heavy (non-hydrogen) atoms. The molecule has 0 bridgehead atoms. The van der Waals surface area contributed by atoms with Crippen LogP contribution in [0.15, 0.2) is 11.3 Å². The molecule has 0 aromatic rings. The first-order chi connectivity index (χ1) is 23.6. The van der Waals surface area contributed by atoms with E-state index in [-0.39, 0.29) is 42.9 Å². The number of carbonyl (C=O) groups is 1. The van der Waals surface area contributed by atoms with E-state index in [2.05, 4.69) is 26.1 Å². The zero-order valence-corrected chi connectivity index (χ0v) is 31.6. The Morgan fingerprint density at radius 3 is 2.40 bits per heavy atom. The number of rotatable bonds is 12. The molecule has 0 spiro atoms. The first kappa shape index (κ1) is 38.6. The molecule has 0 unspecified atom stereocenters. The molecule has 286 valence electrons. The van der Waals surface area contributed by atoms with E-state index in [4.69, 9.17) is 4.74 Å². The maximum atomic E-state index is 14.6. The van der Waals surface area contributed by atoms with E-state index in [1.807, 2.05) is 0 Å². The average Bonchev–Trinajstić information content (AvgIpc) is 3.61. The van der Waals surface area contributed by atoms with E-state index < -0.39 is 64.4 Å². The average molecular weight is 704 g/mol. The van der Waals surface area contributed by atoms with Gasteiger partial charge in [0.15, 0.2) is 5.78 Å². The highest BCUT2D eigenvalue weighted by Gasteiger charge is 2.74. The topological polar surface area (TPSA) is 160 Å². The molecular weight excluding hydrogens is 634 g/mol. The summed E-state index contributed by atoms with van der Waals surface area (Å²) in [6.07, 6.45) is 9.20. The molecule has 0 aromatic carbocycles. The number of carbonyl (C=O) groups excluding carboxylic acids is 1. The number of allylic oxidation sites excluding steroid dienone is 1. The summed E-state index contributed by atoms with van der Waals surface area (Å²) in [7, 11) is 0. The van der Waals surface area contributed by atoms with Gasteiger partial charge in [-0.3, -0.25) is 4.79 Å². The number of aliphatic hydroxyl groups excluding tert-OH is 4. The standard InChI is InChI=1S/C41H69NO8/c1-6-7-8-10-13-26-23-50-36(25(26)3)37(47)39(5,48)32-17-19-41(49)33-28(16-18-40(32,41)27-14-11-9-12-15-27)38(4)21-31(45)30(44)20-29(38)35(46)34(33)42-22-24(2)43/h24-32,36-37,42-45,47-49H,6-23H2,1-5H3/t24-,25-,26+,28-,29-,30+,31-,32+,36+,37+,38+,39+,40-,41+/m0/s1. The van der Waals surface area contributed by atoms with Crippen LogP contribution >= 0.6 is 0 Å². The minimum absolute atomic E-state index is 0.0969. The molecule has 6 rings (SSSR count). The van der Waals surface area contributed by atoms with Crippen molar-refractivity contribution in [2.45, 2.75) is 179 Å². The lowest BCUT2D eigenvalue weighted by Crippen LogP contribution is -2.67. The molecule has 9 heteroatoms. The third-order valence-electron chi connectivity index (χ3n) is 15.5. The van der Waals surface area contributed by atoms with Crippen LogP contribution in [0.4, 0.5) is 0 Å². The fraction of sp³-hybridized carbons (Fsp3) is 0.927. The lowest BCUT2D eigenvalue weighted by Gasteiger charge is -2.64. The van der Waals surface area contributed by atoms with Gasteiger partial charge in [0.25, 0.3) is 0 Å². The van der Waals surface area contributed by atoms with Gasteiger partial charge < -0.3 is 40.7 Å². The molecule has 0 aromatic heterocycles. The molecule has 1 heterocycles. The monoisotopic (exact) mass is 704 g/mol. The lowest BCUT2D eigenvalue weighted by atomic mass is 9.42. The second-order valence-corrected chi connectivity index (χ2v) is 18.4. The first-order valence-electron chi connectivity index (χ1n) is 20.5. The molecule has 5 fully saturated rings. The van der Waals surface area contributed by atoms with Gasteiger partial charge in [-0.1, -0.05) is 65.7 Å². The first-order valence-corrected chi connectivity index (χ1v) is 20.5. The normalized spacial score (nSPS) is 44.7. The second-order valence-electron chi connectivity index (χ2n) is 18.4. The van der Waals surface area contributed by atoms with Crippen molar-refractivity contribution in [1.82, 2.24) is 5.32 Å². The van der Waals surface area contributed by atoms with Gasteiger partial charge in [-0.05, 0) is 112 Å². The van der Waals surface area contributed by atoms with Crippen molar-refractivity contribution in [3.05, 3.63) is 11.3 Å². The van der Waals surface area contributed by atoms with Crippen molar-refractivity contribution >= 4 is 5.78 Å². The van der Waals surface area contributed by atoms with E-state index in [0.717, 1.165) is 44.9 Å². The maximum absolute atomic E-state index is 14.6. The Morgan fingerprint density at radius 2 is 1.72 bits per heavy atom. The molecule has 6 aliphatic rings. The van der Waals surface area contributed by atoms with Crippen molar-refractivity contribution in [3.63, 3.8) is 0 Å². The minimum atomic E-state index is -1.55. The number of unbranched alkanes of at least 4 members (excludes halogenated alkanes) is 3. The van der Waals surface area contributed by atoms with Crippen LogP contribution in [-0.4, -0.2) is 91.3 Å². The molecule has 1 saturated heterocycles. The summed E-state index contributed by atoms with van der Waals surface area (Å²) in [5, 5.41) is 74.0. The van der Waals surface area contributed by atoms with Crippen molar-refractivity contribution in [1.29, 1.82) is 0 Å². The van der Waals surface area contributed by atoms with Gasteiger partial charge in [0, 0.05) is 17.9 Å². The number of hydrogen-bond donors (Lipinski definition) is 7. The molecule has 0 amide bonds. The van der Waals surface area contributed by atoms with Crippen LogP contribution in [0.2, 0.25) is 0 Å². The van der Waals surface area contributed by atoms with Gasteiger partial charge in [-0.25, -0.2) is 0 Å². The smallest absolute Gasteiger partial charge is 0.182 e. The van der Waals surface area contributed by atoms with Crippen LogP contribution in [0.5, 0.6) is 0 Å². The summed E-state index contributed by atoms with van der Waals surface area (Å²) in [4.78, 5) is 14.6. The van der Waals surface area contributed by atoms with Gasteiger partial charge in [-0.2, -0.15) is 0 Å². The van der Waals surface area contributed by atoms with Gasteiger partial charge in [0.05, 0.1) is 47.9 Å². The van der Waals surface area contributed by atoms with Crippen LogP contribution < -0.4 is 5.32 Å². The Kier molecular flexibility index (Phi) is 11.3. The van der Waals surface area contributed by atoms with Crippen LogP contribution in [0, 0.1) is 46.3 Å². The second kappa shape index (κ2) is 14.6. The number of ketones is 1. The number of aliphatic hydroxyl groups is 6. The van der Waals surface area contributed by atoms with Crippen molar-refractivity contribution < 1.29 is 40.2 Å². The van der Waals surface area contributed by atoms with E-state index in [9.17, 15) is 35.4 Å². The fourth-order valence-corrected chi connectivity index (χ4v) is 12.8. The number of nitrogens with one attached hydrogen (secondary N) is 1. The molecule has 7 N–H and O–H groups in total. The molecule has 9 nitrogen and oxygen atoms in total. The molecule has 0 radical (unpaired) electrons. The lowest BCUT2D eigenvalue weighted by molar-refractivity contribution is -0.216. The zero-order valence-electron chi connectivity index (χ0n) is 31.6. The van der Waals surface area contributed by atoms with Gasteiger partial charge in [0.2, 0.25) is 0 Å². The fourth-order valence-electron chi connectivity index (χ4n) is 12.8. The predicted molar refractivity (Wildman–Crippen MR) is 192 cm³/mol. The summed E-state index contributed by atoms with van der Waals surface area (Å²) >= 11 is 0. The van der Waals surface area contributed by atoms with Crippen LogP contribution in [0.3, 0.4) is 0 Å². The Morgan fingerprint density at radius 1 is 1.00 bits per heavy atom. The summed E-state index contributed by atoms with van der Waals surface area (Å²) in [6.45, 7) is 10.6. The SMILES string of the molecule is CCCCCC[C@@H]1CO[C@@H]([C@@H](O)[C@](C)(O)[C@H]2CC[C@@]3(O)C4=C(NC[C@H](C)O)C(=O)[C@@H]5C[C@@H](O)[C@@H](O)C[C@]5(C)[C@H]4CC[C@]23C2CCCCC2)[C@H]1C. The Hall–Kier alpha value is -1.07. The molecule has 1 aliphatic heterocycles. The van der Waals surface area contributed by atoms with Gasteiger partial charge in [0.1, 0.15) is 6.10 Å². The predicted octanol–water partition coefficient (Wildman–Crippen LogP) is 4.78. The van der Waals surface area contributed by atoms with E-state index in [1.165, 1.54) is 19.3 Å². The van der Waals surface area contributed by atoms with E-state index in [0.29, 0.717) is 49.5 Å². The summed E-state index contributed by atoms with van der Waals surface area (Å²) in [5.74, 6) is -0.786. The largest absolute Gasteiger partial charge is 0.392 e. The third-order valence-corrected chi connectivity index (χ3v) is 15.5. The highest BCUT2D eigenvalue weighted by molar-refractivity contribution is 5.99. The maximum Gasteiger partial charge on any atom is 0.182 e. The molecule has 5 aliphatic carbocycles. The van der Waals surface area contributed by atoms with Crippen molar-refractivity contribution in [2.24, 2.45) is 46.3 Å². The van der Waals surface area contributed by atoms with Crippen molar-refractivity contribution in [3.8, 4) is 0 Å². The third kappa shape index (κ3) is 6.14. The Balaban J connectivity index is 1.41. The van der Waals surface area contributed by atoms with Gasteiger partial charge in [-0.15, -0.1) is 0 Å². The highest BCUT2D eigenvalue weighted by Crippen LogP contribution is 2.73. The van der Waals surface area contributed by atoms with Crippen LogP contribution in [0.25, 0.3) is 0 Å². The van der Waals surface area contributed by atoms with Crippen LogP contribution in [-0.2, 0) is 9.53 Å². The van der Waals surface area contributed by atoms with E-state index >= 15 is 0 Å². The quantitative estimate of drug-likeness (QED) is 0.142. The summed E-state index contributed by atoms with van der Waals surface area (Å²) < 4.78 is 6.34. The number of hydrogen-bond acceptors (Lipinski definition) is 9. The molecular formula is C41H69NO8.